The first-order valence-corrected chi connectivity index (χ1v) is 4.89. The van der Waals surface area contributed by atoms with Crippen LogP contribution in [0.4, 0.5) is 0 Å². The average Bonchev–Trinajstić information content (AvgIpc) is 2.50. The van der Waals surface area contributed by atoms with Crippen LogP contribution in [-0.4, -0.2) is 5.11 Å². The molecule has 0 saturated carbocycles. The summed E-state index contributed by atoms with van der Waals surface area (Å²) in [7, 11) is 0. The molecule has 0 aliphatic carbocycles. The van der Waals surface area contributed by atoms with Gasteiger partial charge in [-0.15, -0.1) is 11.3 Å². The van der Waals surface area contributed by atoms with Crippen LogP contribution in [0.25, 0.3) is 0 Å². The number of rotatable bonds is 3. The summed E-state index contributed by atoms with van der Waals surface area (Å²) >= 11 is 1.66. The quantitative estimate of drug-likeness (QED) is 0.713. The summed E-state index contributed by atoms with van der Waals surface area (Å²) in [5.41, 5.74) is 0.805. The third-order valence-electron chi connectivity index (χ3n) is 1.77. The van der Waals surface area contributed by atoms with E-state index in [1.165, 1.54) is 4.88 Å². The van der Waals surface area contributed by atoms with Gasteiger partial charge in [-0.3, -0.25) is 0 Å². The van der Waals surface area contributed by atoms with Crippen molar-refractivity contribution in [2.24, 2.45) is 0 Å². The number of hydrogen-bond acceptors (Lipinski definition) is 2. The second-order valence-electron chi connectivity index (χ2n) is 2.91. The van der Waals surface area contributed by atoms with E-state index in [0.29, 0.717) is 0 Å². The molecule has 0 amide bonds. The highest BCUT2D eigenvalue weighted by molar-refractivity contribution is 7.12. The molecule has 1 aromatic heterocycles. The van der Waals surface area contributed by atoms with Gasteiger partial charge in [0, 0.05) is 9.75 Å². The van der Waals surface area contributed by atoms with Gasteiger partial charge in [-0.05, 0) is 31.1 Å². The minimum atomic E-state index is -0.477. The number of aliphatic hydroxyl groups is 1. The topological polar surface area (TPSA) is 20.2 Å². The van der Waals surface area contributed by atoms with E-state index in [1.54, 1.807) is 11.3 Å². The summed E-state index contributed by atoms with van der Waals surface area (Å²) in [6.45, 7) is 7.68. The molecule has 1 aromatic rings. The fourth-order valence-electron chi connectivity index (χ4n) is 0.974. The molecule has 1 nitrogen and oxygen atoms in total. The number of hydrogen-bond donors (Lipinski definition) is 1. The third kappa shape index (κ3) is 1.96. The van der Waals surface area contributed by atoms with Crippen molar-refractivity contribution in [2.45, 2.75) is 26.4 Å². The highest BCUT2D eigenvalue weighted by atomic mass is 32.1. The summed E-state index contributed by atoms with van der Waals surface area (Å²) < 4.78 is 0. The van der Waals surface area contributed by atoms with Crippen LogP contribution < -0.4 is 0 Å². The first-order valence-electron chi connectivity index (χ1n) is 4.07. The second-order valence-corrected chi connectivity index (χ2v) is 4.11. The van der Waals surface area contributed by atoms with E-state index in [0.717, 1.165) is 16.9 Å². The van der Waals surface area contributed by atoms with Crippen LogP contribution >= 0.6 is 11.3 Å². The van der Waals surface area contributed by atoms with Gasteiger partial charge in [0.15, 0.2) is 0 Å². The Bertz CT molecular complexity index is 275. The summed E-state index contributed by atoms with van der Waals surface area (Å²) in [6, 6.07) is 4.04. The van der Waals surface area contributed by atoms with Crippen molar-refractivity contribution in [3.63, 3.8) is 0 Å². The lowest BCUT2D eigenvalue weighted by atomic mass is 10.2. The minimum absolute atomic E-state index is 0.477. The van der Waals surface area contributed by atoms with Crippen molar-refractivity contribution >= 4 is 11.3 Å². The Labute approximate surface area is 77.4 Å². The van der Waals surface area contributed by atoms with E-state index in [2.05, 4.69) is 19.6 Å². The Morgan fingerprint density at radius 2 is 2.33 bits per heavy atom. The predicted molar refractivity (Wildman–Crippen MR) is 53.5 cm³/mol. The van der Waals surface area contributed by atoms with Crippen LogP contribution in [0.2, 0.25) is 0 Å². The predicted octanol–water partition coefficient (Wildman–Crippen LogP) is 2.92. The molecule has 0 fully saturated rings. The highest BCUT2D eigenvalue weighted by Crippen LogP contribution is 2.27. The first-order chi connectivity index (χ1) is 5.65. The maximum atomic E-state index is 9.62. The Morgan fingerprint density at radius 1 is 1.67 bits per heavy atom. The molecule has 1 unspecified atom stereocenters. The molecule has 0 aromatic carbocycles. The van der Waals surface area contributed by atoms with Crippen molar-refractivity contribution < 1.29 is 5.11 Å². The molecule has 1 heterocycles. The molecule has 0 bridgehead atoms. The molecule has 66 valence electrons. The van der Waals surface area contributed by atoms with E-state index in [9.17, 15) is 5.11 Å². The second kappa shape index (κ2) is 3.87. The van der Waals surface area contributed by atoms with Crippen LogP contribution in [0.15, 0.2) is 24.3 Å². The number of aliphatic hydroxyl groups excluding tert-OH is 1. The maximum absolute atomic E-state index is 9.62. The number of aryl methyl sites for hydroxylation is 1. The van der Waals surface area contributed by atoms with Gasteiger partial charge in [-0.2, -0.15) is 0 Å². The van der Waals surface area contributed by atoms with Gasteiger partial charge >= 0.3 is 0 Å². The van der Waals surface area contributed by atoms with E-state index < -0.39 is 6.10 Å². The Kier molecular flexibility index (Phi) is 3.06. The van der Waals surface area contributed by atoms with Gasteiger partial charge in [0.1, 0.15) is 6.10 Å². The molecule has 1 N–H and O–H groups in total. The molecule has 1 rings (SSSR count). The zero-order valence-corrected chi connectivity index (χ0v) is 8.32. The van der Waals surface area contributed by atoms with E-state index in [1.807, 2.05) is 13.0 Å². The molecule has 0 aliphatic rings. The van der Waals surface area contributed by atoms with Crippen molar-refractivity contribution in [1.29, 1.82) is 0 Å². The molecule has 0 radical (unpaired) electrons. The molecule has 12 heavy (non-hydrogen) atoms. The van der Waals surface area contributed by atoms with Crippen molar-refractivity contribution in [2.75, 3.05) is 0 Å². The SMILES string of the molecule is C=C(C)C(O)c1ccc(CC)s1. The first kappa shape index (κ1) is 9.49. The monoisotopic (exact) mass is 182 g/mol. The van der Waals surface area contributed by atoms with E-state index in [-0.39, 0.29) is 0 Å². The van der Waals surface area contributed by atoms with E-state index >= 15 is 0 Å². The molecule has 0 aliphatic heterocycles. The highest BCUT2D eigenvalue weighted by Gasteiger charge is 2.09. The van der Waals surface area contributed by atoms with Gasteiger partial charge in [0.05, 0.1) is 0 Å². The van der Waals surface area contributed by atoms with Crippen LogP contribution in [0.1, 0.15) is 29.7 Å². The molecule has 0 spiro atoms. The standard InChI is InChI=1S/C10H14OS/c1-4-8-5-6-9(12-8)10(11)7(2)3/h5-6,10-11H,2,4H2,1,3H3. The van der Waals surface area contributed by atoms with Crippen molar-refractivity contribution in [3.05, 3.63) is 34.0 Å². The molecular formula is C10H14OS. The minimum Gasteiger partial charge on any atom is -0.383 e. The largest absolute Gasteiger partial charge is 0.383 e. The van der Waals surface area contributed by atoms with Gasteiger partial charge in [-0.1, -0.05) is 13.5 Å². The fourth-order valence-corrected chi connectivity index (χ4v) is 2.01. The summed E-state index contributed by atoms with van der Waals surface area (Å²) in [4.78, 5) is 2.31. The average molecular weight is 182 g/mol. The van der Waals surface area contributed by atoms with Crippen molar-refractivity contribution in [3.8, 4) is 0 Å². The molecule has 0 saturated heterocycles. The third-order valence-corrected chi connectivity index (χ3v) is 3.05. The zero-order chi connectivity index (χ0) is 9.14. The summed E-state index contributed by atoms with van der Waals surface area (Å²) in [5, 5.41) is 9.62. The molecule has 2 heteroatoms. The van der Waals surface area contributed by atoms with Crippen LogP contribution in [0.3, 0.4) is 0 Å². The van der Waals surface area contributed by atoms with Crippen molar-refractivity contribution in [1.82, 2.24) is 0 Å². The van der Waals surface area contributed by atoms with Gasteiger partial charge < -0.3 is 5.11 Å². The lowest BCUT2D eigenvalue weighted by Crippen LogP contribution is -1.93. The van der Waals surface area contributed by atoms with Crippen LogP contribution in [-0.2, 0) is 6.42 Å². The van der Waals surface area contributed by atoms with Gasteiger partial charge in [0.2, 0.25) is 0 Å². The Balaban J connectivity index is 2.81. The van der Waals surface area contributed by atoms with Crippen LogP contribution in [0.5, 0.6) is 0 Å². The summed E-state index contributed by atoms with van der Waals surface area (Å²) in [5.74, 6) is 0. The zero-order valence-electron chi connectivity index (χ0n) is 7.50. The molecule has 1 atom stereocenters. The summed E-state index contributed by atoms with van der Waals surface area (Å²) in [6.07, 6.45) is 0.559. The maximum Gasteiger partial charge on any atom is 0.109 e. The molecular weight excluding hydrogens is 168 g/mol. The lowest BCUT2D eigenvalue weighted by Gasteiger charge is -2.05. The number of thiophene rings is 1. The van der Waals surface area contributed by atoms with E-state index in [4.69, 9.17) is 0 Å². The van der Waals surface area contributed by atoms with Crippen LogP contribution in [0, 0.1) is 0 Å². The Morgan fingerprint density at radius 3 is 2.75 bits per heavy atom. The Hall–Kier alpha value is -0.600. The lowest BCUT2D eigenvalue weighted by molar-refractivity contribution is 0.220. The smallest absolute Gasteiger partial charge is 0.109 e. The normalized spacial score (nSPS) is 12.9. The van der Waals surface area contributed by atoms with Gasteiger partial charge in [-0.25, -0.2) is 0 Å². The fraction of sp³-hybridized carbons (Fsp3) is 0.400. The van der Waals surface area contributed by atoms with Gasteiger partial charge in [0.25, 0.3) is 0 Å².